The number of benzene rings is 1. The zero-order valence-electron chi connectivity index (χ0n) is 4.85. The zero-order chi connectivity index (χ0) is 5.11. The summed E-state index contributed by atoms with van der Waals surface area (Å²) in [4.78, 5) is 0. The van der Waals surface area contributed by atoms with E-state index in [9.17, 15) is 0 Å². The van der Waals surface area contributed by atoms with Gasteiger partial charge in [-0.1, -0.05) is 29.8 Å². The van der Waals surface area contributed by atoms with E-state index in [1.807, 2.05) is 30.3 Å². The first-order chi connectivity index (χ1) is 3.39. The Labute approximate surface area is 82.2 Å². The van der Waals surface area contributed by atoms with Crippen LogP contribution in [0.25, 0.3) is 0 Å². The van der Waals surface area contributed by atoms with E-state index in [2.05, 4.69) is 0 Å². The molecule has 0 fully saturated rings. The molecule has 0 heterocycles. The van der Waals surface area contributed by atoms with Crippen LogP contribution in [0.4, 0.5) is 0 Å². The third-order valence-corrected chi connectivity index (χ3v) is 0.985. The van der Waals surface area contributed by atoms with Crippen molar-refractivity contribution in [3.05, 3.63) is 35.4 Å². The van der Waals surface area contributed by atoms with Crippen molar-refractivity contribution in [1.82, 2.24) is 0 Å². The van der Waals surface area contributed by atoms with Gasteiger partial charge in [0.1, 0.15) is 0 Å². The van der Waals surface area contributed by atoms with Crippen LogP contribution in [0.2, 0.25) is 5.02 Å². The van der Waals surface area contributed by atoms with Gasteiger partial charge >= 0.3 is 23.1 Å². The molecule has 0 aliphatic carbocycles. The molecular weight excluding hydrogens is 167 g/mol. The first-order valence-electron chi connectivity index (χ1n) is 2.10. The number of halogens is 2. The molecule has 0 aromatic heterocycles. The van der Waals surface area contributed by atoms with Crippen LogP contribution in [0.3, 0.4) is 0 Å². The van der Waals surface area contributed by atoms with Gasteiger partial charge in [0.2, 0.25) is 0 Å². The first-order valence-corrected chi connectivity index (χ1v) is 2.48. The largest absolute Gasteiger partial charge is 2.00 e. The predicted octanol–water partition coefficient (Wildman–Crippen LogP) is -1.04. The Morgan fingerprint density at radius 1 is 1.00 bits per heavy atom. The molecule has 0 spiro atoms. The van der Waals surface area contributed by atoms with Crippen molar-refractivity contribution in [3.8, 4) is 0 Å². The average molecular weight is 172 g/mol. The van der Waals surface area contributed by atoms with Crippen molar-refractivity contribution in [2.24, 2.45) is 0 Å². The SMILES string of the molecule is Clc1ccccc1.[Cl-].[Mg+2]. The molecule has 1 aromatic carbocycles. The minimum absolute atomic E-state index is 0. The molecule has 1 aromatic rings. The second kappa shape index (κ2) is 6.68. The van der Waals surface area contributed by atoms with Gasteiger partial charge in [0.05, 0.1) is 0 Å². The van der Waals surface area contributed by atoms with Crippen LogP contribution < -0.4 is 12.4 Å². The van der Waals surface area contributed by atoms with E-state index in [-0.39, 0.29) is 35.5 Å². The van der Waals surface area contributed by atoms with Crippen LogP contribution in [-0.4, -0.2) is 23.1 Å². The van der Waals surface area contributed by atoms with E-state index in [0.717, 1.165) is 5.02 Å². The van der Waals surface area contributed by atoms with Crippen LogP contribution in [0, 0.1) is 0 Å². The van der Waals surface area contributed by atoms with Crippen LogP contribution in [-0.2, 0) is 0 Å². The third kappa shape index (κ3) is 5.03. The topological polar surface area (TPSA) is 0 Å². The van der Waals surface area contributed by atoms with Gasteiger partial charge in [-0.25, -0.2) is 0 Å². The molecular formula is C6H5Cl2Mg+. The van der Waals surface area contributed by atoms with Crippen LogP contribution in [0.1, 0.15) is 0 Å². The van der Waals surface area contributed by atoms with Gasteiger partial charge in [0.25, 0.3) is 0 Å². The summed E-state index contributed by atoms with van der Waals surface area (Å²) in [6.07, 6.45) is 0. The smallest absolute Gasteiger partial charge is 1.00 e. The molecule has 9 heavy (non-hydrogen) atoms. The summed E-state index contributed by atoms with van der Waals surface area (Å²) in [5.74, 6) is 0. The maximum absolute atomic E-state index is 5.54. The Bertz CT molecular complexity index is 141. The number of hydrogen-bond acceptors (Lipinski definition) is 0. The van der Waals surface area contributed by atoms with E-state index in [1.54, 1.807) is 0 Å². The minimum atomic E-state index is 0. The molecule has 0 radical (unpaired) electrons. The molecule has 0 unspecified atom stereocenters. The fourth-order valence-corrected chi connectivity index (χ4v) is 0.560. The van der Waals surface area contributed by atoms with Gasteiger partial charge in [-0.2, -0.15) is 0 Å². The Hall–Kier alpha value is 0.566. The molecule has 0 bridgehead atoms. The maximum Gasteiger partial charge on any atom is 2.00 e. The van der Waals surface area contributed by atoms with Gasteiger partial charge in [0, 0.05) is 5.02 Å². The van der Waals surface area contributed by atoms with Gasteiger partial charge in [-0.3, -0.25) is 0 Å². The fraction of sp³-hybridized carbons (Fsp3) is 0. The Kier molecular flexibility index (Phi) is 9.11. The van der Waals surface area contributed by atoms with Crippen molar-refractivity contribution in [3.63, 3.8) is 0 Å². The molecule has 0 amide bonds. The molecule has 0 nitrogen and oxygen atoms in total. The van der Waals surface area contributed by atoms with Crippen molar-refractivity contribution in [2.75, 3.05) is 0 Å². The Morgan fingerprint density at radius 3 is 1.67 bits per heavy atom. The molecule has 0 saturated heterocycles. The van der Waals surface area contributed by atoms with Crippen LogP contribution in [0.5, 0.6) is 0 Å². The van der Waals surface area contributed by atoms with Crippen molar-refractivity contribution in [1.29, 1.82) is 0 Å². The van der Waals surface area contributed by atoms with E-state index >= 15 is 0 Å². The molecule has 1 rings (SSSR count). The van der Waals surface area contributed by atoms with Crippen molar-refractivity contribution in [2.45, 2.75) is 0 Å². The predicted molar refractivity (Wildman–Crippen MR) is 37.2 cm³/mol. The average Bonchev–Trinajstić information content (AvgIpc) is 1.69. The summed E-state index contributed by atoms with van der Waals surface area (Å²) in [6, 6.07) is 9.44. The Morgan fingerprint density at radius 2 is 1.44 bits per heavy atom. The van der Waals surface area contributed by atoms with Crippen LogP contribution in [0.15, 0.2) is 30.3 Å². The zero-order valence-corrected chi connectivity index (χ0v) is 7.78. The summed E-state index contributed by atoms with van der Waals surface area (Å²) in [7, 11) is 0. The summed E-state index contributed by atoms with van der Waals surface area (Å²) in [6.45, 7) is 0. The first kappa shape index (κ1) is 12.3. The van der Waals surface area contributed by atoms with Crippen molar-refractivity contribution < 1.29 is 12.4 Å². The number of rotatable bonds is 0. The van der Waals surface area contributed by atoms with E-state index in [4.69, 9.17) is 11.6 Å². The van der Waals surface area contributed by atoms with Crippen molar-refractivity contribution >= 4 is 34.7 Å². The fourth-order valence-electron chi connectivity index (χ4n) is 0.415. The molecule has 0 aliphatic rings. The second-order valence-electron chi connectivity index (χ2n) is 1.30. The second-order valence-corrected chi connectivity index (χ2v) is 1.73. The normalized spacial score (nSPS) is 6.78. The quantitative estimate of drug-likeness (QED) is 0.439. The molecule has 0 N–H and O–H groups in total. The van der Waals surface area contributed by atoms with Gasteiger partial charge in [-0.15, -0.1) is 0 Å². The van der Waals surface area contributed by atoms with Gasteiger partial charge in [-0.05, 0) is 12.1 Å². The van der Waals surface area contributed by atoms with E-state index in [1.165, 1.54) is 0 Å². The van der Waals surface area contributed by atoms with Gasteiger partial charge in [0.15, 0.2) is 0 Å². The molecule has 3 heteroatoms. The summed E-state index contributed by atoms with van der Waals surface area (Å²) >= 11 is 5.54. The molecule has 0 atom stereocenters. The summed E-state index contributed by atoms with van der Waals surface area (Å²) < 4.78 is 0. The molecule has 0 saturated carbocycles. The molecule has 0 aliphatic heterocycles. The summed E-state index contributed by atoms with van der Waals surface area (Å²) in [5.41, 5.74) is 0. The molecule has 44 valence electrons. The monoisotopic (exact) mass is 171 g/mol. The Balaban J connectivity index is 0. The van der Waals surface area contributed by atoms with E-state index < -0.39 is 0 Å². The summed E-state index contributed by atoms with van der Waals surface area (Å²) in [5, 5.41) is 0.794. The van der Waals surface area contributed by atoms with Crippen LogP contribution >= 0.6 is 11.6 Å². The van der Waals surface area contributed by atoms with Gasteiger partial charge < -0.3 is 12.4 Å². The number of hydrogen-bond donors (Lipinski definition) is 0. The standard InChI is InChI=1S/C6H5Cl.ClH.Mg/c7-6-4-2-1-3-5-6;;/h1-5H;1H;/q;;+2/p-1. The maximum atomic E-state index is 5.54. The van der Waals surface area contributed by atoms with E-state index in [0.29, 0.717) is 0 Å². The third-order valence-electron chi connectivity index (χ3n) is 0.733. The minimum Gasteiger partial charge on any atom is -1.00 e.